The number of benzene rings is 2. The summed E-state index contributed by atoms with van der Waals surface area (Å²) in [5, 5.41) is 3.46. The van der Waals surface area contributed by atoms with Crippen molar-refractivity contribution in [2.75, 3.05) is 11.9 Å². The zero-order chi connectivity index (χ0) is 16.1. The molecule has 2 aromatic carbocycles. The van der Waals surface area contributed by atoms with Gasteiger partial charge < -0.3 is 10.1 Å². The molecular weight excluding hydrogens is 298 g/mol. The second-order valence-corrected chi connectivity index (χ2v) is 5.65. The first-order valence-electron chi connectivity index (χ1n) is 7.28. The number of amides is 1. The molecule has 0 saturated heterocycles. The van der Waals surface area contributed by atoms with Crippen molar-refractivity contribution in [2.45, 2.75) is 27.2 Å². The Morgan fingerprint density at radius 1 is 1.18 bits per heavy atom. The van der Waals surface area contributed by atoms with Crippen molar-refractivity contribution < 1.29 is 9.53 Å². The Balaban J connectivity index is 2.04. The lowest BCUT2D eigenvalue weighted by Crippen LogP contribution is -2.15. The highest BCUT2D eigenvalue weighted by molar-refractivity contribution is 6.34. The van der Waals surface area contributed by atoms with Crippen molar-refractivity contribution in [1.82, 2.24) is 0 Å². The van der Waals surface area contributed by atoms with Crippen molar-refractivity contribution in [1.29, 1.82) is 0 Å². The first-order chi connectivity index (χ1) is 10.5. The Hall–Kier alpha value is -2.00. The first kappa shape index (κ1) is 16.4. The van der Waals surface area contributed by atoms with E-state index in [4.69, 9.17) is 16.3 Å². The van der Waals surface area contributed by atoms with Gasteiger partial charge >= 0.3 is 0 Å². The number of hydrogen-bond donors (Lipinski definition) is 1. The smallest absolute Gasteiger partial charge is 0.228 e. The normalized spacial score (nSPS) is 10.4. The van der Waals surface area contributed by atoms with Gasteiger partial charge in [0, 0.05) is 0 Å². The predicted molar refractivity (Wildman–Crippen MR) is 90.9 cm³/mol. The molecular formula is C18H20ClNO2. The van der Waals surface area contributed by atoms with Crippen molar-refractivity contribution >= 4 is 23.2 Å². The third kappa shape index (κ3) is 4.25. The molecule has 1 amide bonds. The number of halogens is 1. The number of rotatable bonds is 5. The molecule has 0 aliphatic heterocycles. The van der Waals surface area contributed by atoms with Crippen molar-refractivity contribution in [3.63, 3.8) is 0 Å². The van der Waals surface area contributed by atoms with Gasteiger partial charge in [0.1, 0.15) is 5.75 Å². The maximum absolute atomic E-state index is 12.2. The summed E-state index contributed by atoms with van der Waals surface area (Å²) in [6, 6.07) is 11.4. The molecule has 0 aliphatic carbocycles. The third-order valence-corrected chi connectivity index (χ3v) is 3.59. The zero-order valence-electron chi connectivity index (χ0n) is 13.1. The second-order valence-electron chi connectivity index (χ2n) is 5.24. The van der Waals surface area contributed by atoms with Crippen LogP contribution in [-0.4, -0.2) is 12.5 Å². The minimum absolute atomic E-state index is 0.0852. The molecule has 116 valence electrons. The van der Waals surface area contributed by atoms with Crippen LogP contribution in [0.25, 0.3) is 0 Å². The first-order valence-corrected chi connectivity index (χ1v) is 7.65. The molecule has 0 aliphatic rings. The van der Waals surface area contributed by atoms with Crippen LogP contribution in [0.3, 0.4) is 0 Å². The minimum Gasteiger partial charge on any atom is -0.494 e. The summed E-state index contributed by atoms with van der Waals surface area (Å²) in [5.41, 5.74) is 3.65. The summed E-state index contributed by atoms with van der Waals surface area (Å²) in [6.45, 7) is 6.48. The largest absolute Gasteiger partial charge is 0.494 e. The predicted octanol–water partition coefficient (Wildman–Crippen LogP) is 4.54. The lowest BCUT2D eigenvalue weighted by atomic mass is 10.1. The monoisotopic (exact) mass is 317 g/mol. The van der Waals surface area contributed by atoms with E-state index in [9.17, 15) is 4.79 Å². The molecule has 0 fully saturated rings. The van der Waals surface area contributed by atoms with Crippen LogP contribution in [0.2, 0.25) is 5.02 Å². The van der Waals surface area contributed by atoms with E-state index in [1.165, 1.54) is 0 Å². The average Bonchev–Trinajstić information content (AvgIpc) is 2.45. The molecule has 3 nitrogen and oxygen atoms in total. The summed E-state index contributed by atoms with van der Waals surface area (Å²) in [5.74, 6) is 0.724. The fraction of sp³-hybridized carbons (Fsp3) is 0.278. The van der Waals surface area contributed by atoms with E-state index in [1.54, 1.807) is 0 Å². The van der Waals surface area contributed by atoms with Gasteiger partial charge in [-0.1, -0.05) is 29.8 Å². The Morgan fingerprint density at radius 2 is 1.86 bits per heavy atom. The van der Waals surface area contributed by atoms with Gasteiger partial charge in [-0.2, -0.15) is 0 Å². The topological polar surface area (TPSA) is 38.3 Å². The van der Waals surface area contributed by atoms with Gasteiger partial charge in [0.25, 0.3) is 0 Å². The van der Waals surface area contributed by atoms with E-state index in [2.05, 4.69) is 5.32 Å². The van der Waals surface area contributed by atoms with Gasteiger partial charge in [-0.25, -0.2) is 0 Å². The van der Waals surface area contributed by atoms with Crippen LogP contribution in [-0.2, 0) is 11.2 Å². The molecule has 0 unspecified atom stereocenters. The van der Waals surface area contributed by atoms with Crippen LogP contribution in [0.1, 0.15) is 23.6 Å². The van der Waals surface area contributed by atoms with E-state index in [0.717, 1.165) is 22.4 Å². The molecule has 0 radical (unpaired) electrons. The molecule has 0 spiro atoms. The molecule has 0 bridgehead atoms. The van der Waals surface area contributed by atoms with Gasteiger partial charge in [0.15, 0.2) is 0 Å². The number of hydrogen-bond acceptors (Lipinski definition) is 2. The molecule has 22 heavy (non-hydrogen) atoms. The Kier molecular flexibility index (Phi) is 5.45. The van der Waals surface area contributed by atoms with E-state index < -0.39 is 0 Å². The molecule has 4 heteroatoms. The lowest BCUT2D eigenvalue weighted by Gasteiger charge is -2.12. The van der Waals surface area contributed by atoms with Gasteiger partial charge in [0.05, 0.1) is 23.7 Å². The highest BCUT2D eigenvalue weighted by Gasteiger charge is 2.10. The SMILES string of the molecule is CCOc1ccc(CC(=O)Nc2c(C)cc(C)cc2Cl)cc1. The van der Waals surface area contributed by atoms with Crippen LogP contribution in [0.4, 0.5) is 5.69 Å². The van der Waals surface area contributed by atoms with Crippen LogP contribution < -0.4 is 10.1 Å². The van der Waals surface area contributed by atoms with E-state index in [0.29, 0.717) is 23.7 Å². The maximum atomic E-state index is 12.2. The van der Waals surface area contributed by atoms with Crippen LogP contribution >= 0.6 is 11.6 Å². The van der Waals surface area contributed by atoms with E-state index in [-0.39, 0.29) is 5.91 Å². The van der Waals surface area contributed by atoms with Crippen molar-refractivity contribution in [3.05, 3.63) is 58.1 Å². The summed E-state index contributed by atoms with van der Waals surface area (Å²) < 4.78 is 5.39. The highest BCUT2D eigenvalue weighted by atomic mass is 35.5. The number of nitrogens with one attached hydrogen (secondary N) is 1. The lowest BCUT2D eigenvalue weighted by molar-refractivity contribution is -0.115. The summed E-state index contributed by atoms with van der Waals surface area (Å²) in [4.78, 5) is 12.2. The molecule has 0 aromatic heterocycles. The highest BCUT2D eigenvalue weighted by Crippen LogP contribution is 2.27. The average molecular weight is 318 g/mol. The van der Waals surface area contributed by atoms with Crippen molar-refractivity contribution in [3.8, 4) is 5.75 Å². The van der Waals surface area contributed by atoms with Crippen molar-refractivity contribution in [2.24, 2.45) is 0 Å². The van der Waals surface area contributed by atoms with Gasteiger partial charge in [-0.15, -0.1) is 0 Å². The molecule has 0 atom stereocenters. The van der Waals surface area contributed by atoms with E-state index >= 15 is 0 Å². The number of carbonyl (C=O) groups is 1. The second kappa shape index (κ2) is 7.32. The van der Waals surface area contributed by atoms with Crippen LogP contribution in [0.15, 0.2) is 36.4 Å². The zero-order valence-corrected chi connectivity index (χ0v) is 13.8. The van der Waals surface area contributed by atoms with Crippen LogP contribution in [0, 0.1) is 13.8 Å². The third-order valence-electron chi connectivity index (χ3n) is 3.30. The molecule has 2 aromatic rings. The Morgan fingerprint density at radius 3 is 2.45 bits per heavy atom. The number of aryl methyl sites for hydroxylation is 2. The molecule has 0 heterocycles. The van der Waals surface area contributed by atoms with Gasteiger partial charge in [-0.05, 0) is 55.7 Å². The molecule has 0 saturated carbocycles. The number of carbonyl (C=O) groups excluding carboxylic acids is 1. The number of ether oxygens (including phenoxy) is 1. The Bertz CT molecular complexity index is 642. The standard InChI is InChI=1S/C18H20ClNO2/c1-4-22-15-7-5-14(6-8-15)11-17(21)20-18-13(3)9-12(2)10-16(18)19/h5-10H,4,11H2,1-3H3,(H,20,21). The quantitative estimate of drug-likeness (QED) is 0.879. The fourth-order valence-electron chi connectivity index (χ4n) is 2.31. The summed E-state index contributed by atoms with van der Waals surface area (Å²) in [7, 11) is 0. The minimum atomic E-state index is -0.0852. The van der Waals surface area contributed by atoms with Crippen LogP contribution in [0.5, 0.6) is 5.75 Å². The van der Waals surface area contributed by atoms with Gasteiger partial charge in [-0.3, -0.25) is 4.79 Å². The number of anilines is 1. The molecule has 1 N–H and O–H groups in total. The summed E-state index contributed by atoms with van der Waals surface area (Å²) in [6.07, 6.45) is 0.302. The summed E-state index contributed by atoms with van der Waals surface area (Å²) >= 11 is 6.21. The Labute approximate surface area is 136 Å². The maximum Gasteiger partial charge on any atom is 0.228 e. The molecule has 2 rings (SSSR count). The fourth-order valence-corrected chi connectivity index (χ4v) is 2.68. The van der Waals surface area contributed by atoms with E-state index in [1.807, 2.05) is 57.2 Å². The van der Waals surface area contributed by atoms with Gasteiger partial charge in [0.2, 0.25) is 5.91 Å².